The molecule has 0 bridgehead atoms. The maximum atomic E-state index is 12.2. The van der Waals surface area contributed by atoms with Crippen LogP contribution in [0.3, 0.4) is 0 Å². The molecule has 4 nitrogen and oxygen atoms in total. The number of aliphatic carboxylic acids is 1. The molecule has 1 amide bonds. The van der Waals surface area contributed by atoms with Crippen LogP contribution in [0.15, 0.2) is 30.3 Å². The van der Waals surface area contributed by atoms with E-state index in [4.69, 9.17) is 5.11 Å². The Balaban J connectivity index is 1.90. The van der Waals surface area contributed by atoms with Crippen molar-refractivity contribution < 1.29 is 14.7 Å². The minimum Gasteiger partial charge on any atom is -0.481 e. The van der Waals surface area contributed by atoms with Gasteiger partial charge in [-0.05, 0) is 24.3 Å². The van der Waals surface area contributed by atoms with Gasteiger partial charge >= 0.3 is 5.97 Å². The van der Waals surface area contributed by atoms with E-state index >= 15 is 0 Å². The fraction of sp³-hybridized carbons (Fsp3) is 0.467. The van der Waals surface area contributed by atoms with Crippen molar-refractivity contribution in [2.24, 2.45) is 5.92 Å². The summed E-state index contributed by atoms with van der Waals surface area (Å²) in [6.07, 6.45) is 2.37. The lowest BCUT2D eigenvalue weighted by atomic mass is 9.94. The number of amides is 1. The van der Waals surface area contributed by atoms with Gasteiger partial charge in [0.1, 0.15) is 0 Å². The van der Waals surface area contributed by atoms with E-state index in [9.17, 15) is 9.59 Å². The average molecular weight is 261 g/mol. The van der Waals surface area contributed by atoms with Crippen LogP contribution in [0.1, 0.15) is 24.8 Å². The van der Waals surface area contributed by atoms with Crippen LogP contribution in [0.2, 0.25) is 0 Å². The number of carboxylic acids is 1. The molecular formula is C15H19NO3. The van der Waals surface area contributed by atoms with Crippen molar-refractivity contribution in [1.82, 2.24) is 4.90 Å². The maximum absolute atomic E-state index is 12.2. The van der Waals surface area contributed by atoms with Gasteiger partial charge in [-0.25, -0.2) is 0 Å². The third-order valence-electron chi connectivity index (χ3n) is 3.53. The van der Waals surface area contributed by atoms with E-state index in [1.54, 1.807) is 0 Å². The highest BCUT2D eigenvalue weighted by molar-refractivity contribution is 5.79. The Morgan fingerprint density at radius 2 is 2.00 bits per heavy atom. The topological polar surface area (TPSA) is 57.6 Å². The maximum Gasteiger partial charge on any atom is 0.303 e. The fourth-order valence-corrected chi connectivity index (χ4v) is 2.59. The molecule has 102 valence electrons. The van der Waals surface area contributed by atoms with Crippen molar-refractivity contribution in [1.29, 1.82) is 0 Å². The second-order valence-corrected chi connectivity index (χ2v) is 5.11. The molecule has 1 aromatic carbocycles. The summed E-state index contributed by atoms with van der Waals surface area (Å²) >= 11 is 0. The van der Waals surface area contributed by atoms with Crippen LogP contribution >= 0.6 is 0 Å². The summed E-state index contributed by atoms with van der Waals surface area (Å²) in [6.45, 7) is 1.33. The lowest BCUT2D eigenvalue weighted by Gasteiger charge is -2.32. The van der Waals surface area contributed by atoms with E-state index in [1.165, 1.54) is 0 Å². The van der Waals surface area contributed by atoms with Crippen LogP contribution in [0, 0.1) is 5.92 Å². The minimum absolute atomic E-state index is 0.0984. The zero-order chi connectivity index (χ0) is 13.7. The first kappa shape index (κ1) is 13.6. The van der Waals surface area contributed by atoms with Gasteiger partial charge in [0.2, 0.25) is 5.91 Å². The zero-order valence-electron chi connectivity index (χ0n) is 10.9. The van der Waals surface area contributed by atoms with Crippen LogP contribution in [0.5, 0.6) is 0 Å². The predicted molar refractivity (Wildman–Crippen MR) is 71.7 cm³/mol. The first-order chi connectivity index (χ1) is 9.15. The molecule has 1 N–H and O–H groups in total. The lowest BCUT2D eigenvalue weighted by molar-refractivity contribution is -0.140. The Labute approximate surface area is 113 Å². The molecule has 1 unspecified atom stereocenters. The van der Waals surface area contributed by atoms with Crippen LogP contribution in [0.4, 0.5) is 0 Å². The standard InChI is InChI=1S/C15H19NO3/c17-14(9-12-5-2-1-3-6-12)16-8-4-7-13(11-16)10-15(18)19/h1-3,5-6,13H,4,7-11H2,(H,18,19). The number of piperidine rings is 1. The van der Waals surface area contributed by atoms with Gasteiger partial charge in [-0.15, -0.1) is 0 Å². The first-order valence-corrected chi connectivity index (χ1v) is 6.68. The van der Waals surface area contributed by atoms with Gasteiger partial charge in [0.05, 0.1) is 6.42 Å². The lowest BCUT2D eigenvalue weighted by Crippen LogP contribution is -2.41. The van der Waals surface area contributed by atoms with Crippen molar-refractivity contribution in [3.05, 3.63) is 35.9 Å². The average Bonchev–Trinajstić information content (AvgIpc) is 2.39. The zero-order valence-corrected chi connectivity index (χ0v) is 10.9. The normalized spacial score (nSPS) is 19.2. The minimum atomic E-state index is -0.776. The largest absolute Gasteiger partial charge is 0.481 e. The third-order valence-corrected chi connectivity index (χ3v) is 3.53. The molecule has 1 aliphatic rings. The number of likely N-dealkylation sites (tertiary alicyclic amines) is 1. The summed E-state index contributed by atoms with van der Waals surface area (Å²) in [5.41, 5.74) is 1.01. The SMILES string of the molecule is O=C(O)CC1CCCN(C(=O)Cc2ccccc2)C1. The summed E-state index contributed by atoms with van der Waals surface area (Å²) < 4.78 is 0. The van der Waals surface area contributed by atoms with Gasteiger partial charge < -0.3 is 10.0 Å². The highest BCUT2D eigenvalue weighted by Gasteiger charge is 2.25. The van der Waals surface area contributed by atoms with Gasteiger partial charge in [0.15, 0.2) is 0 Å². The molecule has 0 spiro atoms. The Bertz CT molecular complexity index is 444. The fourth-order valence-electron chi connectivity index (χ4n) is 2.59. The third kappa shape index (κ3) is 4.09. The van der Waals surface area contributed by atoms with Gasteiger partial charge in [0.25, 0.3) is 0 Å². The summed E-state index contributed by atoms with van der Waals surface area (Å²) in [5, 5.41) is 8.82. The molecule has 1 heterocycles. The van der Waals surface area contributed by atoms with Crippen LogP contribution in [-0.4, -0.2) is 35.0 Å². The van der Waals surface area contributed by atoms with Crippen molar-refractivity contribution in [3.63, 3.8) is 0 Å². The summed E-state index contributed by atoms with van der Waals surface area (Å²) in [4.78, 5) is 24.7. The van der Waals surface area contributed by atoms with E-state index in [0.717, 1.165) is 24.9 Å². The molecule has 0 aliphatic carbocycles. The predicted octanol–water partition coefficient (Wildman–Crippen LogP) is 1.94. The number of carbonyl (C=O) groups excluding carboxylic acids is 1. The highest BCUT2D eigenvalue weighted by Crippen LogP contribution is 2.20. The van der Waals surface area contributed by atoms with Crippen LogP contribution < -0.4 is 0 Å². The van der Waals surface area contributed by atoms with Gasteiger partial charge in [-0.1, -0.05) is 30.3 Å². The summed E-state index contributed by atoms with van der Waals surface area (Å²) in [6, 6.07) is 9.66. The molecule has 0 radical (unpaired) electrons. The van der Waals surface area contributed by atoms with Gasteiger partial charge in [0, 0.05) is 19.5 Å². The molecule has 1 aromatic rings. The van der Waals surface area contributed by atoms with Crippen molar-refractivity contribution >= 4 is 11.9 Å². The van der Waals surface area contributed by atoms with Crippen molar-refractivity contribution in [2.75, 3.05) is 13.1 Å². The van der Waals surface area contributed by atoms with Gasteiger partial charge in [-0.2, -0.15) is 0 Å². The molecule has 1 atom stereocenters. The molecule has 1 saturated heterocycles. The van der Waals surface area contributed by atoms with Crippen LogP contribution in [-0.2, 0) is 16.0 Å². The van der Waals surface area contributed by atoms with E-state index < -0.39 is 5.97 Å². The summed E-state index contributed by atoms with van der Waals surface area (Å²) in [7, 11) is 0. The number of hydrogen-bond donors (Lipinski definition) is 1. The highest BCUT2D eigenvalue weighted by atomic mass is 16.4. The first-order valence-electron chi connectivity index (χ1n) is 6.68. The Kier molecular flexibility index (Phi) is 4.55. The Morgan fingerprint density at radius 3 is 2.68 bits per heavy atom. The monoisotopic (exact) mass is 261 g/mol. The molecule has 0 saturated carbocycles. The molecule has 0 aromatic heterocycles. The van der Waals surface area contributed by atoms with Crippen molar-refractivity contribution in [3.8, 4) is 0 Å². The molecule has 1 aliphatic heterocycles. The molecule has 1 fully saturated rings. The number of carbonyl (C=O) groups is 2. The number of rotatable bonds is 4. The van der Waals surface area contributed by atoms with E-state index in [-0.39, 0.29) is 18.2 Å². The van der Waals surface area contributed by atoms with E-state index in [2.05, 4.69) is 0 Å². The quantitative estimate of drug-likeness (QED) is 0.901. The Hall–Kier alpha value is -1.84. The number of hydrogen-bond acceptors (Lipinski definition) is 2. The molecular weight excluding hydrogens is 242 g/mol. The number of benzene rings is 1. The van der Waals surface area contributed by atoms with Gasteiger partial charge in [-0.3, -0.25) is 9.59 Å². The van der Waals surface area contributed by atoms with Crippen molar-refractivity contribution in [2.45, 2.75) is 25.7 Å². The number of nitrogens with zero attached hydrogens (tertiary/aromatic N) is 1. The van der Waals surface area contributed by atoms with E-state index in [1.807, 2.05) is 35.2 Å². The van der Waals surface area contributed by atoms with Crippen LogP contribution in [0.25, 0.3) is 0 Å². The second-order valence-electron chi connectivity index (χ2n) is 5.11. The number of carboxylic acid groups (broad SMARTS) is 1. The molecule has 2 rings (SSSR count). The second kappa shape index (κ2) is 6.36. The Morgan fingerprint density at radius 1 is 1.26 bits per heavy atom. The van der Waals surface area contributed by atoms with E-state index in [0.29, 0.717) is 13.0 Å². The molecule has 4 heteroatoms. The molecule has 19 heavy (non-hydrogen) atoms. The summed E-state index contributed by atoms with van der Waals surface area (Å²) in [5.74, 6) is -0.574. The smallest absolute Gasteiger partial charge is 0.303 e.